The van der Waals surface area contributed by atoms with Gasteiger partial charge in [0, 0.05) is 37.2 Å². The van der Waals surface area contributed by atoms with Crippen molar-refractivity contribution in [3.63, 3.8) is 0 Å². The third kappa shape index (κ3) is 4.14. The number of urea groups is 1. The molecule has 1 aliphatic heterocycles. The van der Waals surface area contributed by atoms with Gasteiger partial charge in [-0.2, -0.15) is 0 Å². The molecule has 136 valence electrons. The standard InChI is InChI=1S/C20H18N4O3/c25-20(23-9-14-4-6-18-19(8-14)27-13-26-18)24-11-15-3-5-17(22-10-15)16-2-1-7-21-12-16/h1-8,10,12H,9,11,13H2,(H2,23,24,25). The summed E-state index contributed by atoms with van der Waals surface area (Å²) >= 11 is 0. The van der Waals surface area contributed by atoms with Crippen molar-refractivity contribution in [2.75, 3.05) is 6.79 Å². The first-order valence-corrected chi connectivity index (χ1v) is 8.53. The number of ether oxygens (including phenoxy) is 2. The molecule has 2 amide bonds. The van der Waals surface area contributed by atoms with Gasteiger partial charge in [-0.05, 0) is 41.5 Å². The number of hydrogen-bond acceptors (Lipinski definition) is 5. The number of nitrogens with one attached hydrogen (secondary N) is 2. The van der Waals surface area contributed by atoms with Crippen LogP contribution in [0.1, 0.15) is 11.1 Å². The Kier molecular flexibility index (Phi) is 4.82. The number of carbonyl (C=O) groups is 1. The minimum absolute atomic E-state index is 0.236. The van der Waals surface area contributed by atoms with Crippen LogP contribution < -0.4 is 20.1 Å². The van der Waals surface area contributed by atoms with E-state index in [1.54, 1.807) is 18.6 Å². The fourth-order valence-electron chi connectivity index (χ4n) is 2.69. The molecule has 3 aromatic rings. The molecule has 3 heterocycles. The van der Waals surface area contributed by atoms with E-state index < -0.39 is 0 Å². The molecular weight excluding hydrogens is 344 g/mol. The van der Waals surface area contributed by atoms with Crippen molar-refractivity contribution in [2.45, 2.75) is 13.1 Å². The zero-order valence-corrected chi connectivity index (χ0v) is 14.5. The van der Waals surface area contributed by atoms with Crippen LogP contribution >= 0.6 is 0 Å². The van der Waals surface area contributed by atoms with Gasteiger partial charge in [0.25, 0.3) is 0 Å². The third-order valence-electron chi connectivity index (χ3n) is 4.13. The van der Waals surface area contributed by atoms with Crippen LogP contribution in [0.3, 0.4) is 0 Å². The fraction of sp³-hybridized carbons (Fsp3) is 0.150. The molecule has 1 aromatic carbocycles. The zero-order chi connectivity index (χ0) is 18.5. The van der Waals surface area contributed by atoms with E-state index in [1.165, 1.54) is 0 Å². The van der Waals surface area contributed by atoms with Gasteiger partial charge < -0.3 is 20.1 Å². The highest BCUT2D eigenvalue weighted by molar-refractivity contribution is 5.73. The summed E-state index contributed by atoms with van der Waals surface area (Å²) < 4.78 is 10.6. The van der Waals surface area contributed by atoms with Crippen molar-refractivity contribution in [3.8, 4) is 22.8 Å². The van der Waals surface area contributed by atoms with Gasteiger partial charge in [-0.1, -0.05) is 12.1 Å². The van der Waals surface area contributed by atoms with E-state index in [0.717, 1.165) is 28.1 Å². The summed E-state index contributed by atoms with van der Waals surface area (Å²) in [7, 11) is 0. The van der Waals surface area contributed by atoms with Crippen LogP contribution in [-0.4, -0.2) is 22.8 Å². The van der Waals surface area contributed by atoms with Gasteiger partial charge in [-0.25, -0.2) is 4.79 Å². The second-order valence-electron chi connectivity index (χ2n) is 6.02. The molecule has 0 radical (unpaired) electrons. The minimum Gasteiger partial charge on any atom is -0.454 e. The van der Waals surface area contributed by atoms with Crippen molar-refractivity contribution in [1.82, 2.24) is 20.6 Å². The van der Waals surface area contributed by atoms with Gasteiger partial charge in [0.15, 0.2) is 11.5 Å². The summed E-state index contributed by atoms with van der Waals surface area (Å²) in [5.74, 6) is 1.43. The van der Waals surface area contributed by atoms with Crippen LogP contribution in [0, 0.1) is 0 Å². The second-order valence-corrected chi connectivity index (χ2v) is 6.02. The highest BCUT2D eigenvalue weighted by Crippen LogP contribution is 2.32. The molecule has 0 bridgehead atoms. The Morgan fingerprint density at radius 1 is 0.963 bits per heavy atom. The van der Waals surface area contributed by atoms with Gasteiger partial charge in [-0.15, -0.1) is 0 Å². The van der Waals surface area contributed by atoms with Crippen LogP contribution in [-0.2, 0) is 13.1 Å². The Labute approximate surface area is 156 Å². The Morgan fingerprint density at radius 2 is 1.78 bits per heavy atom. The van der Waals surface area contributed by atoms with Gasteiger partial charge in [0.1, 0.15) is 0 Å². The van der Waals surface area contributed by atoms with Crippen molar-refractivity contribution in [1.29, 1.82) is 0 Å². The van der Waals surface area contributed by atoms with Crippen molar-refractivity contribution in [2.24, 2.45) is 0 Å². The predicted molar refractivity (Wildman–Crippen MR) is 99.1 cm³/mol. The summed E-state index contributed by atoms with van der Waals surface area (Å²) in [6.07, 6.45) is 5.24. The number of aromatic nitrogens is 2. The fourth-order valence-corrected chi connectivity index (χ4v) is 2.69. The summed E-state index contributed by atoms with van der Waals surface area (Å²) in [5, 5.41) is 5.64. The normalized spacial score (nSPS) is 11.9. The van der Waals surface area contributed by atoms with Crippen molar-refractivity contribution < 1.29 is 14.3 Å². The predicted octanol–water partition coefficient (Wildman–Crippen LogP) is 2.87. The number of rotatable bonds is 5. The maximum Gasteiger partial charge on any atom is 0.315 e. The third-order valence-corrected chi connectivity index (χ3v) is 4.13. The van der Waals surface area contributed by atoms with Crippen molar-refractivity contribution in [3.05, 3.63) is 72.2 Å². The maximum atomic E-state index is 12.0. The molecule has 0 unspecified atom stereocenters. The number of hydrogen-bond donors (Lipinski definition) is 2. The minimum atomic E-state index is -0.246. The van der Waals surface area contributed by atoms with Crippen LogP contribution in [0.4, 0.5) is 4.79 Å². The molecule has 1 aliphatic rings. The van der Waals surface area contributed by atoms with Gasteiger partial charge in [0.2, 0.25) is 6.79 Å². The average Bonchev–Trinajstić information content (AvgIpc) is 3.19. The summed E-state index contributed by atoms with van der Waals surface area (Å²) in [6.45, 7) is 1.04. The number of pyridine rings is 2. The SMILES string of the molecule is O=C(NCc1ccc(-c2cccnc2)nc1)NCc1ccc2c(c1)OCO2. The summed E-state index contributed by atoms with van der Waals surface area (Å²) in [6, 6.07) is 13.0. The maximum absolute atomic E-state index is 12.0. The number of fused-ring (bicyclic) bond motifs is 1. The Morgan fingerprint density at radius 3 is 2.56 bits per heavy atom. The molecule has 0 saturated heterocycles. The lowest BCUT2D eigenvalue weighted by molar-refractivity contribution is 0.174. The molecule has 7 heteroatoms. The molecule has 0 aliphatic carbocycles. The molecule has 27 heavy (non-hydrogen) atoms. The van der Waals surface area contributed by atoms with Crippen LogP contribution in [0.25, 0.3) is 11.3 Å². The largest absolute Gasteiger partial charge is 0.454 e. The number of amides is 2. The van der Waals surface area contributed by atoms with E-state index >= 15 is 0 Å². The topological polar surface area (TPSA) is 85.4 Å². The smallest absolute Gasteiger partial charge is 0.315 e. The Hall–Kier alpha value is -3.61. The highest BCUT2D eigenvalue weighted by Gasteiger charge is 2.13. The lowest BCUT2D eigenvalue weighted by atomic mass is 10.1. The van der Waals surface area contributed by atoms with Crippen LogP contribution in [0.15, 0.2) is 61.1 Å². The highest BCUT2D eigenvalue weighted by atomic mass is 16.7. The molecule has 0 atom stereocenters. The van der Waals surface area contributed by atoms with Gasteiger partial charge in [0.05, 0.1) is 5.69 Å². The van der Waals surface area contributed by atoms with E-state index in [2.05, 4.69) is 20.6 Å². The summed E-state index contributed by atoms with van der Waals surface area (Å²) in [4.78, 5) is 20.5. The second kappa shape index (κ2) is 7.74. The molecule has 4 rings (SSSR count). The molecule has 0 saturated carbocycles. The number of nitrogens with zero attached hydrogens (tertiary/aromatic N) is 2. The molecule has 2 N–H and O–H groups in total. The lowest BCUT2D eigenvalue weighted by Crippen LogP contribution is -2.34. The van der Waals surface area contributed by atoms with Crippen LogP contribution in [0.2, 0.25) is 0 Å². The van der Waals surface area contributed by atoms with Crippen molar-refractivity contribution >= 4 is 6.03 Å². The van der Waals surface area contributed by atoms with E-state index in [1.807, 2.05) is 42.5 Å². The molecule has 2 aromatic heterocycles. The lowest BCUT2D eigenvalue weighted by Gasteiger charge is -2.09. The molecule has 0 fully saturated rings. The van der Waals surface area contributed by atoms with Crippen LogP contribution in [0.5, 0.6) is 11.5 Å². The van der Waals surface area contributed by atoms with E-state index in [-0.39, 0.29) is 12.8 Å². The van der Waals surface area contributed by atoms with E-state index in [0.29, 0.717) is 18.8 Å². The monoisotopic (exact) mass is 362 g/mol. The van der Waals surface area contributed by atoms with Gasteiger partial charge in [-0.3, -0.25) is 9.97 Å². The Balaban J connectivity index is 1.26. The van der Waals surface area contributed by atoms with Gasteiger partial charge >= 0.3 is 6.03 Å². The zero-order valence-electron chi connectivity index (χ0n) is 14.5. The molecule has 0 spiro atoms. The number of carbonyl (C=O) groups excluding carboxylic acids is 1. The van der Waals surface area contributed by atoms with E-state index in [4.69, 9.17) is 9.47 Å². The Bertz CT molecular complexity index is 930. The molecule has 7 nitrogen and oxygen atoms in total. The van der Waals surface area contributed by atoms with E-state index in [9.17, 15) is 4.79 Å². The first-order chi connectivity index (χ1) is 13.3. The first kappa shape index (κ1) is 16.8. The average molecular weight is 362 g/mol. The summed E-state index contributed by atoms with van der Waals surface area (Å²) in [5.41, 5.74) is 3.66. The molecular formula is C20H18N4O3. The quantitative estimate of drug-likeness (QED) is 0.729. The number of benzene rings is 1. The first-order valence-electron chi connectivity index (χ1n) is 8.53.